The Bertz CT molecular complexity index is 872. The van der Waals surface area contributed by atoms with Crippen molar-refractivity contribution in [2.45, 2.75) is 13.3 Å². The molecule has 0 saturated carbocycles. The number of phenolic OH excluding ortho intramolecular Hbond substituents is 1. The summed E-state index contributed by atoms with van der Waals surface area (Å²) in [6.45, 7) is 2.05. The fraction of sp³-hybridized carbons (Fsp3) is 0.0952. The maximum absolute atomic E-state index is 12.1. The van der Waals surface area contributed by atoms with Crippen LogP contribution in [0.1, 0.15) is 16.7 Å². The Kier molecular flexibility index (Phi) is 5.00. The fourth-order valence-electron chi connectivity index (χ4n) is 2.51. The highest BCUT2D eigenvalue weighted by atomic mass is 16.6. The van der Waals surface area contributed by atoms with Crippen molar-refractivity contribution in [3.05, 3.63) is 89.5 Å². The molecule has 0 heterocycles. The molecule has 0 aromatic heterocycles. The molecule has 3 rings (SSSR count). The Morgan fingerprint density at radius 1 is 1.00 bits per heavy atom. The number of phenols is 1. The molecule has 3 aromatic rings. The molecule has 126 valence electrons. The molecule has 1 amide bonds. The van der Waals surface area contributed by atoms with Gasteiger partial charge in [-0.3, -0.25) is 5.32 Å². The van der Waals surface area contributed by atoms with E-state index in [9.17, 15) is 9.90 Å². The van der Waals surface area contributed by atoms with E-state index in [0.717, 1.165) is 5.56 Å². The van der Waals surface area contributed by atoms with Crippen LogP contribution in [0.5, 0.6) is 11.5 Å². The van der Waals surface area contributed by atoms with Gasteiger partial charge in [0.2, 0.25) is 0 Å². The van der Waals surface area contributed by atoms with Gasteiger partial charge in [0.25, 0.3) is 0 Å². The molecule has 4 nitrogen and oxygen atoms in total. The van der Waals surface area contributed by atoms with Crippen molar-refractivity contribution >= 4 is 11.8 Å². The molecule has 0 atom stereocenters. The number of nitrogens with one attached hydrogen (secondary N) is 1. The highest BCUT2D eigenvalue weighted by molar-refractivity contribution is 5.87. The second-order valence-corrected chi connectivity index (χ2v) is 5.83. The van der Waals surface area contributed by atoms with Crippen LogP contribution in [0.15, 0.2) is 72.8 Å². The van der Waals surface area contributed by atoms with Gasteiger partial charge in [0.05, 0.1) is 0 Å². The average molecular weight is 333 g/mol. The van der Waals surface area contributed by atoms with Gasteiger partial charge in [0.15, 0.2) is 0 Å². The largest absolute Gasteiger partial charge is 0.508 e. The summed E-state index contributed by atoms with van der Waals surface area (Å²) in [5.74, 6) is 0.332. The number of amides is 1. The van der Waals surface area contributed by atoms with Gasteiger partial charge >= 0.3 is 6.09 Å². The molecule has 0 aliphatic heterocycles. The van der Waals surface area contributed by atoms with Crippen LogP contribution in [0.3, 0.4) is 0 Å². The third kappa shape index (κ3) is 4.61. The van der Waals surface area contributed by atoms with Gasteiger partial charge in [-0.2, -0.15) is 0 Å². The molecule has 0 aliphatic rings. The highest BCUT2D eigenvalue weighted by Crippen LogP contribution is 2.21. The Labute approximate surface area is 146 Å². The van der Waals surface area contributed by atoms with E-state index in [4.69, 9.17) is 4.74 Å². The summed E-state index contributed by atoms with van der Waals surface area (Å²) in [4.78, 5) is 12.1. The smallest absolute Gasteiger partial charge is 0.417 e. The summed E-state index contributed by atoms with van der Waals surface area (Å²) in [5, 5.41) is 12.2. The van der Waals surface area contributed by atoms with E-state index in [0.29, 0.717) is 12.1 Å². The van der Waals surface area contributed by atoms with Crippen molar-refractivity contribution in [3.8, 4) is 11.5 Å². The lowest BCUT2D eigenvalue weighted by Crippen LogP contribution is -2.17. The van der Waals surface area contributed by atoms with Crippen molar-refractivity contribution in [1.29, 1.82) is 0 Å². The number of hydrogen-bond acceptors (Lipinski definition) is 3. The summed E-state index contributed by atoms with van der Waals surface area (Å²) in [5.41, 5.74) is 4.08. The Morgan fingerprint density at radius 2 is 1.76 bits per heavy atom. The second kappa shape index (κ2) is 7.53. The first-order valence-electron chi connectivity index (χ1n) is 8.01. The van der Waals surface area contributed by atoms with Crippen LogP contribution in [0, 0.1) is 6.92 Å². The molecule has 2 N–H and O–H groups in total. The van der Waals surface area contributed by atoms with E-state index in [1.54, 1.807) is 12.1 Å². The van der Waals surface area contributed by atoms with Gasteiger partial charge in [-0.05, 0) is 42.7 Å². The van der Waals surface area contributed by atoms with Crippen molar-refractivity contribution < 1.29 is 14.6 Å². The first-order valence-corrected chi connectivity index (χ1v) is 8.01. The van der Waals surface area contributed by atoms with Crippen LogP contribution in [-0.2, 0) is 6.42 Å². The van der Waals surface area contributed by atoms with Crippen molar-refractivity contribution in [2.75, 3.05) is 5.32 Å². The first kappa shape index (κ1) is 16.6. The minimum atomic E-state index is -0.595. The molecule has 0 fully saturated rings. The molecule has 0 spiro atoms. The zero-order chi connectivity index (χ0) is 17.6. The average Bonchev–Trinajstić information content (AvgIpc) is 2.58. The van der Waals surface area contributed by atoms with Crippen LogP contribution >= 0.6 is 0 Å². The number of aromatic hydroxyl groups is 1. The van der Waals surface area contributed by atoms with E-state index < -0.39 is 6.09 Å². The summed E-state index contributed by atoms with van der Waals surface area (Å²) >= 11 is 0. The van der Waals surface area contributed by atoms with Crippen LogP contribution in [0.25, 0.3) is 0 Å². The van der Waals surface area contributed by atoms with E-state index in [1.165, 1.54) is 23.3 Å². The molecule has 0 bridgehead atoms. The Hall–Kier alpha value is -3.27. The van der Waals surface area contributed by atoms with E-state index in [-0.39, 0.29) is 11.5 Å². The van der Waals surface area contributed by atoms with Crippen LogP contribution in [-0.4, -0.2) is 11.2 Å². The second-order valence-electron chi connectivity index (χ2n) is 5.83. The summed E-state index contributed by atoms with van der Waals surface area (Å²) in [6, 6.07) is 22.0. The fourth-order valence-corrected chi connectivity index (χ4v) is 2.51. The zero-order valence-corrected chi connectivity index (χ0v) is 13.9. The summed E-state index contributed by atoms with van der Waals surface area (Å²) in [7, 11) is 0. The highest BCUT2D eigenvalue weighted by Gasteiger charge is 2.09. The molecule has 25 heavy (non-hydrogen) atoms. The summed E-state index contributed by atoms with van der Waals surface area (Å²) < 4.78 is 5.21. The molecular weight excluding hydrogens is 314 g/mol. The number of rotatable bonds is 4. The molecule has 0 radical (unpaired) electrons. The van der Waals surface area contributed by atoms with Gasteiger partial charge in [0, 0.05) is 11.8 Å². The number of ether oxygens (including phenoxy) is 1. The number of para-hydroxylation sites is 1. The topological polar surface area (TPSA) is 58.6 Å². The lowest BCUT2D eigenvalue weighted by molar-refractivity contribution is 0.215. The zero-order valence-electron chi connectivity index (χ0n) is 13.9. The predicted octanol–water partition coefficient (Wildman–Crippen LogP) is 4.90. The number of carbonyl (C=O) groups excluding carboxylic acids is 1. The Morgan fingerprint density at radius 3 is 2.52 bits per heavy atom. The maximum atomic E-state index is 12.1. The van der Waals surface area contributed by atoms with E-state index in [2.05, 4.69) is 36.5 Å². The minimum Gasteiger partial charge on any atom is -0.508 e. The van der Waals surface area contributed by atoms with Crippen molar-refractivity contribution in [2.24, 2.45) is 0 Å². The third-order valence-corrected chi connectivity index (χ3v) is 3.80. The summed E-state index contributed by atoms with van der Waals surface area (Å²) in [6.07, 6.45) is 0.116. The predicted molar refractivity (Wildman–Crippen MR) is 98.2 cm³/mol. The normalized spacial score (nSPS) is 10.3. The lowest BCUT2D eigenvalue weighted by Gasteiger charge is -2.12. The van der Waals surface area contributed by atoms with Crippen molar-refractivity contribution in [1.82, 2.24) is 0 Å². The van der Waals surface area contributed by atoms with Gasteiger partial charge < -0.3 is 9.84 Å². The maximum Gasteiger partial charge on any atom is 0.417 e. The Balaban J connectivity index is 1.72. The number of anilines is 1. The molecule has 0 unspecified atom stereocenters. The van der Waals surface area contributed by atoms with Crippen LogP contribution < -0.4 is 10.1 Å². The van der Waals surface area contributed by atoms with Crippen LogP contribution in [0.4, 0.5) is 10.5 Å². The van der Waals surface area contributed by atoms with Gasteiger partial charge in [-0.15, -0.1) is 0 Å². The molecule has 4 heteroatoms. The lowest BCUT2D eigenvalue weighted by atomic mass is 10.0. The third-order valence-electron chi connectivity index (χ3n) is 3.80. The number of hydrogen-bond donors (Lipinski definition) is 2. The van der Waals surface area contributed by atoms with Crippen LogP contribution in [0.2, 0.25) is 0 Å². The molecule has 0 saturated heterocycles. The monoisotopic (exact) mass is 333 g/mol. The van der Waals surface area contributed by atoms with Gasteiger partial charge in [-0.25, -0.2) is 4.79 Å². The number of benzene rings is 3. The van der Waals surface area contributed by atoms with E-state index in [1.807, 2.05) is 24.3 Å². The van der Waals surface area contributed by atoms with E-state index >= 15 is 0 Å². The number of aryl methyl sites for hydroxylation is 1. The molecular formula is C21H19NO3. The number of carbonyl (C=O) groups is 1. The SMILES string of the molecule is Cc1ccc(Cc2ccccc2NC(=O)Oc2cccc(O)c2)cc1. The minimum absolute atomic E-state index is 0.0464. The molecule has 0 aliphatic carbocycles. The quantitative estimate of drug-likeness (QED) is 0.714. The van der Waals surface area contributed by atoms with Crippen molar-refractivity contribution in [3.63, 3.8) is 0 Å². The first-order chi connectivity index (χ1) is 12.1. The van der Waals surface area contributed by atoms with Gasteiger partial charge in [-0.1, -0.05) is 54.1 Å². The standard InChI is InChI=1S/C21H19NO3/c1-15-9-11-16(12-10-15)13-17-5-2-3-8-20(17)22-21(24)25-19-7-4-6-18(23)14-19/h2-12,14,23H,13H2,1H3,(H,22,24). The molecule has 3 aromatic carbocycles. The van der Waals surface area contributed by atoms with Gasteiger partial charge in [0.1, 0.15) is 11.5 Å².